The predicted octanol–water partition coefficient (Wildman–Crippen LogP) is 15.4. The normalized spacial score (nSPS) is 13.9. The van der Waals surface area contributed by atoms with Gasteiger partial charge >= 0.3 is 5.97 Å². The van der Waals surface area contributed by atoms with Crippen LogP contribution in [0.4, 0.5) is 0 Å². The molecule has 0 rings (SSSR count). The maximum absolute atomic E-state index is 13.4. The lowest BCUT2D eigenvalue weighted by Gasteiger charge is -2.30. The number of phosphoric ester groups is 1. The minimum atomic E-state index is -4.68. The molecule has 380 valence electrons. The molecule has 1 N–H and O–H groups in total. The summed E-state index contributed by atoms with van der Waals surface area (Å²) in [5, 5.41) is 3.02. The summed E-state index contributed by atoms with van der Waals surface area (Å²) in [6.45, 7) is 6.85. The molecule has 0 spiro atoms. The molecule has 0 fully saturated rings. The molecule has 1 amide bonds. The number of phosphoric acid groups is 1. The second kappa shape index (κ2) is 45.5. The van der Waals surface area contributed by atoms with E-state index in [9.17, 15) is 19.0 Å². The molecule has 0 aliphatic rings. The molecule has 3 unspecified atom stereocenters. The van der Waals surface area contributed by atoms with Crippen molar-refractivity contribution in [2.45, 2.75) is 283 Å². The number of allylic oxidation sites excluding steroid dienone is 1. The van der Waals surface area contributed by atoms with E-state index in [1.165, 1.54) is 180 Å². The van der Waals surface area contributed by atoms with Gasteiger partial charge in [-0.3, -0.25) is 14.2 Å². The van der Waals surface area contributed by atoms with E-state index in [2.05, 4.69) is 26.1 Å². The van der Waals surface area contributed by atoms with E-state index < -0.39 is 20.0 Å². The van der Waals surface area contributed by atoms with Gasteiger partial charge in [-0.2, -0.15) is 0 Å². The molecule has 0 aliphatic heterocycles. The minimum absolute atomic E-state index is 0.0173. The molecule has 0 saturated carbocycles. The molecular weight excluding hydrogens is 820 g/mol. The smallest absolute Gasteiger partial charge is 0.306 e. The van der Waals surface area contributed by atoms with Crippen LogP contribution in [-0.2, 0) is 27.9 Å². The molecule has 0 saturated heterocycles. The Bertz CT molecular complexity index is 1110. The Hall–Kier alpha value is -1.25. The number of carbonyl (C=O) groups excluding carboxylic acids is 2. The SMILES string of the molecule is CCCCCCCCCCCC/C=C/C(OC(=O)CCCCCCCCCCCCCCCCC)C(COP(=O)([O-])OCC[N+](C)(C)C)NC(=O)CCCCCCCCCCCCC. The molecule has 10 heteroatoms. The lowest BCUT2D eigenvalue weighted by atomic mass is 10.0. The summed E-state index contributed by atoms with van der Waals surface area (Å²) in [6.07, 6.45) is 48.8. The van der Waals surface area contributed by atoms with E-state index in [1.54, 1.807) is 0 Å². The number of nitrogens with one attached hydrogen (secondary N) is 1. The molecule has 9 nitrogen and oxygen atoms in total. The Morgan fingerprint density at radius 3 is 1.28 bits per heavy atom. The van der Waals surface area contributed by atoms with Crippen molar-refractivity contribution in [3.8, 4) is 0 Å². The number of unbranched alkanes of at least 4 members (excludes halogenated alkanes) is 34. The molecule has 0 bridgehead atoms. The first kappa shape index (κ1) is 62.8. The average Bonchev–Trinajstić information content (AvgIpc) is 3.25. The highest BCUT2D eigenvalue weighted by Gasteiger charge is 2.27. The number of nitrogens with zero attached hydrogens (tertiary/aromatic N) is 1. The third kappa shape index (κ3) is 45.9. The number of hydrogen-bond donors (Lipinski definition) is 1. The molecular formula is C54H107N2O7P. The number of hydrogen-bond acceptors (Lipinski definition) is 7. The van der Waals surface area contributed by atoms with Gasteiger partial charge in [0, 0.05) is 12.8 Å². The van der Waals surface area contributed by atoms with Crippen LogP contribution in [0.2, 0.25) is 0 Å². The first-order valence-corrected chi connectivity index (χ1v) is 29.0. The van der Waals surface area contributed by atoms with Crippen molar-refractivity contribution in [3.63, 3.8) is 0 Å². The third-order valence-corrected chi connectivity index (χ3v) is 13.4. The van der Waals surface area contributed by atoms with Gasteiger partial charge in [-0.15, -0.1) is 0 Å². The van der Waals surface area contributed by atoms with Crippen LogP contribution in [0.1, 0.15) is 271 Å². The fourth-order valence-corrected chi connectivity index (χ4v) is 8.89. The fraction of sp³-hybridized carbons (Fsp3) is 0.926. The number of rotatable bonds is 50. The van der Waals surface area contributed by atoms with Crippen molar-refractivity contribution >= 4 is 19.7 Å². The van der Waals surface area contributed by atoms with E-state index in [0.29, 0.717) is 17.4 Å². The summed E-state index contributed by atoms with van der Waals surface area (Å²) < 4.78 is 30.2. The molecule has 0 aromatic carbocycles. The Balaban J connectivity index is 5.34. The summed E-state index contributed by atoms with van der Waals surface area (Å²) in [6, 6.07) is -0.876. The van der Waals surface area contributed by atoms with E-state index in [1.807, 2.05) is 33.3 Å². The second-order valence-corrected chi connectivity index (χ2v) is 21.5. The van der Waals surface area contributed by atoms with Gasteiger partial charge in [0.15, 0.2) is 0 Å². The molecule has 0 aromatic heterocycles. The quantitative estimate of drug-likeness (QED) is 0.0212. The number of esters is 1. The maximum atomic E-state index is 13.4. The lowest BCUT2D eigenvalue weighted by Crippen LogP contribution is -2.47. The highest BCUT2D eigenvalue weighted by atomic mass is 31.2. The molecule has 0 aromatic rings. The third-order valence-electron chi connectivity index (χ3n) is 12.5. The molecule has 3 atom stereocenters. The van der Waals surface area contributed by atoms with Gasteiger partial charge < -0.3 is 28.5 Å². The van der Waals surface area contributed by atoms with Crippen LogP contribution in [0.3, 0.4) is 0 Å². The van der Waals surface area contributed by atoms with Crippen LogP contribution in [0, 0.1) is 0 Å². The van der Waals surface area contributed by atoms with Crippen LogP contribution >= 0.6 is 7.82 Å². The molecule has 0 heterocycles. The Kier molecular flexibility index (Phi) is 44.6. The zero-order valence-corrected chi connectivity index (χ0v) is 44.2. The Morgan fingerprint density at radius 2 is 0.891 bits per heavy atom. The topological polar surface area (TPSA) is 114 Å². The standard InChI is InChI=1S/C54H107N2O7P/c1-7-10-13-16-19-22-25-27-28-29-32-35-38-41-44-47-54(58)63-52(45-42-39-36-33-31-26-23-20-17-14-11-8-2)51(50-62-64(59,60)61-49-48-56(4,5)6)55-53(57)46-43-40-37-34-30-24-21-18-15-12-9-3/h42,45,51-52H,7-41,43-44,46-50H2,1-6H3,(H-,55,57,59,60)/b45-42+. The summed E-state index contributed by atoms with van der Waals surface area (Å²) in [5.41, 5.74) is 0. The van der Waals surface area contributed by atoms with Crippen LogP contribution < -0.4 is 10.2 Å². The van der Waals surface area contributed by atoms with Gasteiger partial charge in [0.25, 0.3) is 7.82 Å². The second-order valence-electron chi connectivity index (χ2n) is 20.1. The van der Waals surface area contributed by atoms with E-state index in [4.69, 9.17) is 13.8 Å². The average molecular weight is 927 g/mol. The summed E-state index contributed by atoms with van der Waals surface area (Å²) in [4.78, 5) is 39.7. The van der Waals surface area contributed by atoms with Crippen molar-refractivity contribution in [1.29, 1.82) is 0 Å². The molecule has 0 radical (unpaired) electrons. The monoisotopic (exact) mass is 927 g/mol. The van der Waals surface area contributed by atoms with Crippen LogP contribution in [0.5, 0.6) is 0 Å². The molecule has 64 heavy (non-hydrogen) atoms. The molecule has 0 aliphatic carbocycles. The lowest BCUT2D eigenvalue weighted by molar-refractivity contribution is -0.870. The van der Waals surface area contributed by atoms with Gasteiger partial charge in [0.2, 0.25) is 5.91 Å². The van der Waals surface area contributed by atoms with Gasteiger partial charge in [-0.1, -0.05) is 239 Å². The predicted molar refractivity (Wildman–Crippen MR) is 270 cm³/mol. The Morgan fingerprint density at radius 1 is 0.531 bits per heavy atom. The minimum Gasteiger partial charge on any atom is -0.756 e. The van der Waals surface area contributed by atoms with Crippen LogP contribution in [0.15, 0.2) is 12.2 Å². The summed E-state index contributed by atoms with van der Waals surface area (Å²) >= 11 is 0. The largest absolute Gasteiger partial charge is 0.756 e. The summed E-state index contributed by atoms with van der Waals surface area (Å²) in [5.74, 6) is -0.528. The van der Waals surface area contributed by atoms with E-state index in [-0.39, 0.29) is 31.5 Å². The van der Waals surface area contributed by atoms with Crippen molar-refractivity contribution in [3.05, 3.63) is 12.2 Å². The number of amides is 1. The zero-order chi connectivity index (χ0) is 47.3. The fourth-order valence-electron chi connectivity index (χ4n) is 8.17. The number of ether oxygens (including phenoxy) is 1. The Labute approximate surface area is 397 Å². The first-order chi connectivity index (χ1) is 30.9. The van der Waals surface area contributed by atoms with Crippen molar-refractivity contribution in [2.75, 3.05) is 40.9 Å². The van der Waals surface area contributed by atoms with Crippen molar-refractivity contribution < 1.29 is 37.3 Å². The van der Waals surface area contributed by atoms with Gasteiger partial charge in [0.05, 0.1) is 33.8 Å². The maximum Gasteiger partial charge on any atom is 0.306 e. The highest BCUT2D eigenvalue weighted by molar-refractivity contribution is 7.45. The van der Waals surface area contributed by atoms with Gasteiger partial charge in [-0.25, -0.2) is 0 Å². The van der Waals surface area contributed by atoms with Crippen molar-refractivity contribution in [2.24, 2.45) is 0 Å². The summed E-state index contributed by atoms with van der Waals surface area (Å²) in [7, 11) is 1.20. The van der Waals surface area contributed by atoms with Crippen LogP contribution in [0.25, 0.3) is 0 Å². The van der Waals surface area contributed by atoms with Gasteiger partial charge in [0.1, 0.15) is 19.3 Å². The van der Waals surface area contributed by atoms with E-state index in [0.717, 1.165) is 57.8 Å². The van der Waals surface area contributed by atoms with Gasteiger partial charge in [-0.05, 0) is 31.8 Å². The van der Waals surface area contributed by atoms with Crippen molar-refractivity contribution in [1.82, 2.24) is 5.32 Å². The zero-order valence-electron chi connectivity index (χ0n) is 43.3. The van der Waals surface area contributed by atoms with Crippen LogP contribution in [-0.4, -0.2) is 69.4 Å². The van der Waals surface area contributed by atoms with E-state index >= 15 is 0 Å². The number of likely N-dealkylation sites (N-methyl/N-ethyl adjacent to an activating group) is 1. The number of quaternary nitrogens is 1. The highest BCUT2D eigenvalue weighted by Crippen LogP contribution is 2.38. The number of carbonyl (C=O) groups is 2. The first-order valence-electron chi connectivity index (χ1n) is 27.5.